The Kier molecular flexibility index (Phi) is 155. The summed E-state index contributed by atoms with van der Waals surface area (Å²) in [7, 11) is 0. The molecule has 0 bridgehead atoms. The van der Waals surface area contributed by atoms with E-state index in [1.54, 1.807) is 0 Å². The van der Waals surface area contributed by atoms with Crippen LogP contribution in [-0.2, 0) is 22.4 Å². The fraction of sp³-hybridized carbons (Fsp3) is 0. The summed E-state index contributed by atoms with van der Waals surface area (Å²) in [6.45, 7) is 0. The van der Waals surface area contributed by atoms with E-state index in [1.165, 1.54) is 0 Å². The molecular formula is NbSe3-. The van der Waals surface area contributed by atoms with Crippen molar-refractivity contribution in [1.82, 2.24) is 0 Å². The van der Waals surface area contributed by atoms with Crippen molar-refractivity contribution in [3.63, 3.8) is 0 Å². The Hall–Kier alpha value is 2.30. The molecule has 0 heterocycles. The van der Waals surface area contributed by atoms with E-state index in [0.29, 0.717) is 0 Å². The standard InChI is InChI=1S/Nb.3Se/q+5;3*-2. The molecule has 0 nitrogen and oxygen atoms in total. The maximum absolute atomic E-state index is 0. The first kappa shape index (κ1) is 33.5. The molecule has 24 valence electrons. The van der Waals surface area contributed by atoms with E-state index in [4.69, 9.17) is 0 Å². The largest absolute Gasteiger partial charge is 5.00 e. The van der Waals surface area contributed by atoms with Crippen LogP contribution in [0.2, 0.25) is 0 Å². The molecule has 0 atom stereocenters. The van der Waals surface area contributed by atoms with Gasteiger partial charge >= 0.3 is 22.4 Å². The average molecular weight is 330 g/mol. The third-order valence-corrected chi connectivity index (χ3v) is 0. The van der Waals surface area contributed by atoms with Crippen molar-refractivity contribution in [3.8, 4) is 0 Å². The zero-order chi connectivity index (χ0) is 0. The van der Waals surface area contributed by atoms with Crippen LogP contribution in [0.4, 0.5) is 0 Å². The molecule has 0 aromatic rings. The number of hydrogen-bond acceptors (Lipinski definition) is 0. The molecule has 0 radical (unpaired) electrons. The summed E-state index contributed by atoms with van der Waals surface area (Å²) in [5.41, 5.74) is 0. The molecule has 4 heteroatoms. The summed E-state index contributed by atoms with van der Waals surface area (Å²) in [4.78, 5) is 0. The second-order valence-electron chi connectivity index (χ2n) is 0. The predicted octanol–water partition coefficient (Wildman–Crippen LogP) is -1.14. The van der Waals surface area contributed by atoms with Gasteiger partial charge in [-0.15, -0.1) is 0 Å². The number of hydrogen-bond donors (Lipinski definition) is 0. The molecule has 0 unspecified atom stereocenters. The molecule has 0 aromatic heterocycles. The van der Waals surface area contributed by atoms with Crippen molar-refractivity contribution in [2.45, 2.75) is 0 Å². The molecule has 0 aliphatic heterocycles. The first-order valence-corrected chi connectivity index (χ1v) is 0. The average Bonchev–Trinajstić information content (AvgIpc) is 0. The monoisotopic (exact) mass is 333 g/mol. The molecule has 0 aliphatic rings. The first-order chi connectivity index (χ1) is 0. The van der Waals surface area contributed by atoms with Gasteiger partial charge in [0.05, 0.1) is 0 Å². The van der Waals surface area contributed by atoms with Gasteiger partial charge in [-0.05, 0) is 0 Å². The topological polar surface area (TPSA) is 0 Å². The Balaban J connectivity index is 0. The molecule has 4 heavy (non-hydrogen) atoms. The van der Waals surface area contributed by atoms with Crippen LogP contribution in [0.5, 0.6) is 0 Å². The van der Waals surface area contributed by atoms with Gasteiger partial charge in [0.25, 0.3) is 0 Å². The minimum atomic E-state index is 0. The normalized spacial score (nSPS) is 0. The van der Waals surface area contributed by atoms with Gasteiger partial charge in [-0.2, -0.15) is 0 Å². The van der Waals surface area contributed by atoms with Gasteiger partial charge in [0.2, 0.25) is 0 Å². The minimum Gasteiger partial charge on any atom is -2.00 e. The summed E-state index contributed by atoms with van der Waals surface area (Å²) >= 11 is 0. The predicted molar refractivity (Wildman–Crippen MR) is 17.3 cm³/mol. The van der Waals surface area contributed by atoms with Crippen molar-refractivity contribution >= 4 is 51.2 Å². The maximum Gasteiger partial charge on any atom is 5.00 e. The molecule has 0 N–H and O–H groups in total. The van der Waals surface area contributed by atoms with Crippen molar-refractivity contribution in [2.24, 2.45) is 0 Å². The van der Waals surface area contributed by atoms with E-state index >= 15 is 0 Å². The van der Waals surface area contributed by atoms with Crippen LogP contribution in [0.15, 0.2) is 0 Å². The van der Waals surface area contributed by atoms with E-state index in [-0.39, 0.29) is 73.6 Å². The van der Waals surface area contributed by atoms with Crippen molar-refractivity contribution in [3.05, 3.63) is 0 Å². The van der Waals surface area contributed by atoms with Gasteiger partial charge in [-0.3, -0.25) is 0 Å². The molecule has 0 amide bonds. The van der Waals surface area contributed by atoms with E-state index in [0.717, 1.165) is 0 Å². The van der Waals surface area contributed by atoms with Crippen LogP contribution >= 0.6 is 0 Å². The van der Waals surface area contributed by atoms with Crippen molar-refractivity contribution in [1.29, 1.82) is 0 Å². The van der Waals surface area contributed by atoms with Crippen LogP contribution in [0.3, 0.4) is 0 Å². The van der Waals surface area contributed by atoms with E-state index in [1.807, 2.05) is 0 Å². The molecule has 0 saturated heterocycles. The summed E-state index contributed by atoms with van der Waals surface area (Å²) in [5, 5.41) is 0. The smallest absolute Gasteiger partial charge is 2.00 e. The molecule has 0 spiro atoms. The minimum absolute atomic E-state index is 0. The van der Waals surface area contributed by atoms with Crippen LogP contribution in [-0.4, -0.2) is 51.2 Å². The van der Waals surface area contributed by atoms with Gasteiger partial charge in [-0.25, -0.2) is 0 Å². The van der Waals surface area contributed by atoms with Gasteiger partial charge in [0.15, 0.2) is 0 Å². The molecule has 0 fully saturated rings. The Labute approximate surface area is 72.8 Å². The summed E-state index contributed by atoms with van der Waals surface area (Å²) < 4.78 is 0. The van der Waals surface area contributed by atoms with Gasteiger partial charge in [0.1, 0.15) is 0 Å². The third-order valence-electron chi connectivity index (χ3n) is 0. The molecular weight excluding hydrogens is 330 g/mol. The van der Waals surface area contributed by atoms with E-state index in [9.17, 15) is 0 Å². The summed E-state index contributed by atoms with van der Waals surface area (Å²) in [6, 6.07) is 0. The molecule has 0 aliphatic carbocycles. The molecule has 0 aromatic carbocycles. The first-order valence-electron chi connectivity index (χ1n) is 0. The second-order valence-corrected chi connectivity index (χ2v) is 0. The van der Waals surface area contributed by atoms with E-state index < -0.39 is 0 Å². The van der Waals surface area contributed by atoms with Crippen LogP contribution < -0.4 is 0 Å². The second kappa shape index (κ2) is 18.5. The fourth-order valence-electron chi connectivity index (χ4n) is 0. The summed E-state index contributed by atoms with van der Waals surface area (Å²) in [5.74, 6) is 0. The SMILES string of the molecule is [Nb+5].[Se-2].[Se-2].[Se-2]. The zero-order valence-corrected chi connectivity index (χ0v) is 9.01. The Morgan fingerprint density at radius 3 is 0.500 bits per heavy atom. The van der Waals surface area contributed by atoms with Crippen molar-refractivity contribution in [2.75, 3.05) is 0 Å². The summed E-state index contributed by atoms with van der Waals surface area (Å²) in [6.07, 6.45) is 0. The van der Waals surface area contributed by atoms with Gasteiger partial charge < -0.3 is 51.2 Å². The van der Waals surface area contributed by atoms with Gasteiger partial charge in [-0.1, -0.05) is 0 Å². The Morgan fingerprint density at radius 2 is 0.500 bits per heavy atom. The zero-order valence-electron chi connectivity index (χ0n) is 1.67. The molecule has 0 saturated carbocycles. The fourth-order valence-corrected chi connectivity index (χ4v) is 0. The quantitative estimate of drug-likeness (QED) is 0.493. The number of rotatable bonds is 0. The van der Waals surface area contributed by atoms with Crippen molar-refractivity contribution < 1.29 is 22.4 Å². The van der Waals surface area contributed by atoms with Crippen LogP contribution in [0.25, 0.3) is 0 Å². The van der Waals surface area contributed by atoms with Crippen LogP contribution in [0.1, 0.15) is 0 Å². The van der Waals surface area contributed by atoms with Gasteiger partial charge in [0, 0.05) is 0 Å². The van der Waals surface area contributed by atoms with Crippen LogP contribution in [0, 0.1) is 0 Å². The maximum atomic E-state index is 0. The third kappa shape index (κ3) is 8.85. The molecule has 0 rings (SSSR count). The Morgan fingerprint density at radius 1 is 0.500 bits per heavy atom. The Bertz CT molecular complexity index is 3.25. The van der Waals surface area contributed by atoms with E-state index in [2.05, 4.69) is 0 Å².